The van der Waals surface area contributed by atoms with Gasteiger partial charge in [0.25, 0.3) is 0 Å². The second-order valence-corrected chi connectivity index (χ2v) is 12.0. The van der Waals surface area contributed by atoms with Crippen LogP contribution in [0.1, 0.15) is 121 Å². The monoisotopic (exact) mass is 381 g/mol. The molecule has 164 valence electrons. The Bertz CT molecular complexity index is 320. The van der Waals surface area contributed by atoms with Crippen molar-refractivity contribution >= 4 is 0 Å². The Morgan fingerprint density at radius 1 is 0.704 bits per heavy atom. The van der Waals surface area contributed by atoms with E-state index in [-0.39, 0.29) is 0 Å². The molecule has 0 aliphatic heterocycles. The van der Waals surface area contributed by atoms with Crippen molar-refractivity contribution in [2.24, 2.45) is 28.6 Å². The first-order valence-corrected chi connectivity index (χ1v) is 12.1. The second-order valence-electron chi connectivity index (χ2n) is 12.0. The lowest BCUT2D eigenvalue weighted by molar-refractivity contribution is 0.178. The van der Waals surface area contributed by atoms with Crippen molar-refractivity contribution < 1.29 is 0 Å². The molecule has 0 spiro atoms. The molecular formula is C26H55N. The van der Waals surface area contributed by atoms with E-state index in [9.17, 15) is 0 Å². The summed E-state index contributed by atoms with van der Waals surface area (Å²) in [6.45, 7) is 27.8. The average molecular weight is 382 g/mol. The molecule has 0 aliphatic carbocycles. The van der Waals surface area contributed by atoms with Crippen LogP contribution in [0.25, 0.3) is 0 Å². The van der Waals surface area contributed by atoms with E-state index in [1.54, 1.807) is 0 Å². The van der Waals surface area contributed by atoms with Gasteiger partial charge >= 0.3 is 0 Å². The van der Waals surface area contributed by atoms with Crippen molar-refractivity contribution in [3.63, 3.8) is 0 Å². The van der Waals surface area contributed by atoms with Gasteiger partial charge in [-0.1, -0.05) is 88.5 Å². The summed E-state index contributed by atoms with van der Waals surface area (Å²) in [6.07, 6.45) is 10.9. The maximum atomic E-state index is 2.82. The summed E-state index contributed by atoms with van der Waals surface area (Å²) >= 11 is 0. The van der Waals surface area contributed by atoms with Crippen LogP contribution in [0.4, 0.5) is 0 Å². The first-order valence-electron chi connectivity index (χ1n) is 12.1. The van der Waals surface area contributed by atoms with E-state index in [4.69, 9.17) is 0 Å². The van der Waals surface area contributed by atoms with E-state index >= 15 is 0 Å². The summed E-state index contributed by atoms with van der Waals surface area (Å²) in [5.74, 6) is 2.55. The molecule has 0 bridgehead atoms. The third-order valence-electron chi connectivity index (χ3n) is 5.86. The fourth-order valence-corrected chi connectivity index (χ4v) is 4.68. The molecule has 0 saturated carbocycles. The van der Waals surface area contributed by atoms with Crippen molar-refractivity contribution in [3.8, 4) is 0 Å². The van der Waals surface area contributed by atoms with Crippen molar-refractivity contribution in [1.29, 1.82) is 0 Å². The van der Waals surface area contributed by atoms with E-state index < -0.39 is 0 Å². The lowest BCUT2D eigenvalue weighted by atomic mass is 9.83. The molecule has 0 aliphatic rings. The van der Waals surface area contributed by atoms with Gasteiger partial charge in [0.05, 0.1) is 0 Å². The Kier molecular flexibility index (Phi) is 13.2. The van der Waals surface area contributed by atoms with Crippen molar-refractivity contribution in [3.05, 3.63) is 0 Å². The smallest absolute Gasteiger partial charge is 0.000956 e. The van der Waals surface area contributed by atoms with Crippen LogP contribution in [0.3, 0.4) is 0 Å². The summed E-state index contributed by atoms with van der Waals surface area (Å²) in [4.78, 5) is 2.82. The Morgan fingerprint density at radius 3 is 1.48 bits per heavy atom. The van der Waals surface area contributed by atoms with Crippen molar-refractivity contribution in [2.75, 3.05) is 19.6 Å². The standard InChI is InChI=1S/C26H55N/c1-11-13-14-24(12-2)21-27(17-15-22(3)19-25(5,6)7)18-16-23(4)20-26(8,9)10/h22-24H,11-21H2,1-10H3. The molecule has 0 fully saturated rings. The van der Waals surface area contributed by atoms with Gasteiger partial charge in [0.15, 0.2) is 0 Å². The van der Waals surface area contributed by atoms with Crippen LogP contribution in [-0.4, -0.2) is 24.5 Å². The van der Waals surface area contributed by atoms with E-state index in [1.807, 2.05) is 0 Å². The highest BCUT2D eigenvalue weighted by Crippen LogP contribution is 2.28. The van der Waals surface area contributed by atoms with E-state index in [2.05, 4.69) is 74.1 Å². The first-order chi connectivity index (χ1) is 12.4. The second kappa shape index (κ2) is 13.2. The zero-order valence-corrected chi connectivity index (χ0v) is 21.0. The minimum absolute atomic E-state index is 0.457. The molecule has 3 unspecified atom stereocenters. The number of hydrogen-bond acceptors (Lipinski definition) is 1. The van der Waals surface area contributed by atoms with Gasteiger partial charge in [-0.05, 0) is 73.8 Å². The lowest BCUT2D eigenvalue weighted by Crippen LogP contribution is -2.33. The van der Waals surface area contributed by atoms with Gasteiger partial charge in [-0.3, -0.25) is 0 Å². The van der Waals surface area contributed by atoms with Crippen LogP contribution in [-0.2, 0) is 0 Å². The number of rotatable bonds is 14. The molecule has 0 radical (unpaired) electrons. The summed E-state index contributed by atoms with van der Waals surface area (Å²) in [5, 5.41) is 0. The van der Waals surface area contributed by atoms with Crippen LogP contribution < -0.4 is 0 Å². The lowest BCUT2D eigenvalue weighted by Gasteiger charge is -2.31. The van der Waals surface area contributed by atoms with Gasteiger partial charge in [-0.15, -0.1) is 0 Å². The summed E-state index contributed by atoms with van der Waals surface area (Å²) in [6, 6.07) is 0. The Balaban J connectivity index is 4.68. The molecule has 0 amide bonds. The molecule has 3 atom stereocenters. The largest absolute Gasteiger partial charge is 0.303 e. The molecule has 0 rings (SSSR count). The Morgan fingerprint density at radius 2 is 1.15 bits per heavy atom. The molecular weight excluding hydrogens is 326 g/mol. The molecule has 0 aromatic rings. The van der Waals surface area contributed by atoms with Crippen LogP contribution in [0.5, 0.6) is 0 Å². The molecule has 0 aromatic carbocycles. The van der Waals surface area contributed by atoms with Gasteiger partial charge in [0, 0.05) is 6.54 Å². The van der Waals surface area contributed by atoms with Crippen LogP contribution >= 0.6 is 0 Å². The van der Waals surface area contributed by atoms with Crippen molar-refractivity contribution in [1.82, 2.24) is 4.90 Å². The summed E-state index contributed by atoms with van der Waals surface area (Å²) in [5.41, 5.74) is 0.914. The maximum absolute atomic E-state index is 2.82. The third-order valence-corrected chi connectivity index (χ3v) is 5.86. The predicted octanol–water partition coefficient (Wildman–Crippen LogP) is 8.43. The highest BCUT2D eigenvalue weighted by molar-refractivity contribution is 4.73. The molecule has 0 aromatic heterocycles. The Labute approximate surface area is 174 Å². The van der Waals surface area contributed by atoms with Crippen molar-refractivity contribution in [2.45, 2.75) is 121 Å². The SMILES string of the molecule is CCCCC(CC)CN(CCC(C)CC(C)(C)C)CCC(C)CC(C)(C)C. The number of nitrogens with zero attached hydrogens (tertiary/aromatic N) is 1. The highest BCUT2D eigenvalue weighted by Gasteiger charge is 2.20. The third kappa shape index (κ3) is 16.6. The van der Waals surface area contributed by atoms with Crippen LogP contribution in [0.15, 0.2) is 0 Å². The molecule has 0 N–H and O–H groups in total. The van der Waals surface area contributed by atoms with Crippen LogP contribution in [0, 0.1) is 28.6 Å². The minimum atomic E-state index is 0.457. The van der Waals surface area contributed by atoms with Crippen LogP contribution in [0.2, 0.25) is 0 Å². The zero-order valence-electron chi connectivity index (χ0n) is 21.0. The van der Waals surface area contributed by atoms with E-state index in [0.29, 0.717) is 10.8 Å². The van der Waals surface area contributed by atoms with Gasteiger partial charge in [0.1, 0.15) is 0 Å². The van der Waals surface area contributed by atoms with Gasteiger partial charge in [-0.25, -0.2) is 0 Å². The molecule has 0 saturated heterocycles. The van der Waals surface area contributed by atoms with Gasteiger partial charge < -0.3 is 4.90 Å². The molecule has 27 heavy (non-hydrogen) atoms. The number of hydrogen-bond donors (Lipinski definition) is 0. The molecule has 0 heterocycles. The summed E-state index contributed by atoms with van der Waals surface area (Å²) < 4.78 is 0. The first kappa shape index (κ1) is 27.0. The van der Waals surface area contributed by atoms with E-state index in [1.165, 1.54) is 71.0 Å². The average Bonchev–Trinajstić information content (AvgIpc) is 2.49. The zero-order chi connectivity index (χ0) is 21.1. The molecule has 1 heteroatoms. The number of unbranched alkanes of at least 4 members (excludes halogenated alkanes) is 1. The highest BCUT2D eigenvalue weighted by atomic mass is 15.1. The predicted molar refractivity (Wildman–Crippen MR) is 125 cm³/mol. The van der Waals surface area contributed by atoms with Gasteiger partial charge in [-0.2, -0.15) is 0 Å². The summed E-state index contributed by atoms with van der Waals surface area (Å²) in [7, 11) is 0. The fourth-order valence-electron chi connectivity index (χ4n) is 4.68. The Hall–Kier alpha value is -0.0400. The quantitative estimate of drug-likeness (QED) is 0.292. The minimum Gasteiger partial charge on any atom is -0.303 e. The molecule has 1 nitrogen and oxygen atoms in total. The fraction of sp³-hybridized carbons (Fsp3) is 1.00. The topological polar surface area (TPSA) is 3.24 Å². The maximum Gasteiger partial charge on any atom is 0.000956 e. The normalized spacial score (nSPS) is 16.6. The van der Waals surface area contributed by atoms with Gasteiger partial charge in [0.2, 0.25) is 0 Å². The van der Waals surface area contributed by atoms with E-state index in [0.717, 1.165) is 17.8 Å².